The average Bonchev–Trinajstić information content (AvgIpc) is 1.61. The molecule has 0 rings (SSSR count). The summed E-state index contributed by atoms with van der Waals surface area (Å²) in [6.45, 7) is 0. The molecule has 0 heterocycles. The summed E-state index contributed by atoms with van der Waals surface area (Å²) in [4.78, 5) is 0. The van der Waals surface area contributed by atoms with E-state index in [1.54, 1.807) is 0 Å². The maximum atomic E-state index is 9.75. The second kappa shape index (κ2) is 4.89. The Morgan fingerprint density at radius 3 is 1.30 bits per heavy atom. The molecule has 0 aliphatic heterocycles. The number of nitrogens with two attached hydrogens (primary N) is 2. The van der Waals surface area contributed by atoms with Crippen molar-refractivity contribution in [3.05, 3.63) is 0 Å². The fraction of sp³-hybridized carbons (Fsp3) is 0.500. The van der Waals surface area contributed by atoms with Gasteiger partial charge in [0.15, 0.2) is 0 Å². The van der Waals surface area contributed by atoms with Crippen LogP contribution in [0.15, 0.2) is 0 Å². The van der Waals surface area contributed by atoms with Crippen LogP contribution in [0.5, 0.6) is 0 Å². The van der Waals surface area contributed by atoms with Crippen molar-refractivity contribution in [1.82, 2.24) is 0 Å². The van der Waals surface area contributed by atoms with Crippen LogP contribution in [0.4, 0.5) is 21.7 Å². The zero-order valence-corrected chi connectivity index (χ0v) is 5.15. The number of amides is 2. The molecule has 0 fully saturated rings. The molecule has 62 valence electrons. The Hall–Kier alpha value is -0.945. The van der Waals surface area contributed by atoms with Gasteiger partial charge < -0.3 is 28.7 Å². The van der Waals surface area contributed by atoms with Crippen LogP contribution in [-0.2, 0) is 0 Å². The fourth-order valence-corrected chi connectivity index (χ4v) is 0. The Morgan fingerprint density at radius 1 is 1.20 bits per heavy atom. The van der Waals surface area contributed by atoms with Gasteiger partial charge in [0.2, 0.25) is 0 Å². The molecule has 3 nitrogen and oxygen atoms in total. The number of rotatable bonds is 0. The van der Waals surface area contributed by atoms with Gasteiger partial charge in [-0.1, -0.05) is 0 Å². The van der Waals surface area contributed by atoms with E-state index in [-0.39, 0.29) is 6.03 Å². The molecular weight excluding hydrogens is 155 g/mol. The van der Waals surface area contributed by atoms with Crippen LogP contribution in [0, 0.1) is 0 Å². The van der Waals surface area contributed by atoms with Gasteiger partial charge in [0.25, 0.3) is 7.11 Å². The molecular formula is C2H7BF4N2O. The van der Waals surface area contributed by atoms with Crippen molar-refractivity contribution >= 4 is 13.3 Å². The first-order valence-electron chi connectivity index (χ1n) is 2.06. The molecule has 0 saturated carbocycles. The Morgan fingerprint density at radius 2 is 1.30 bits per heavy atom. The summed E-state index contributed by atoms with van der Waals surface area (Å²) in [6.07, 6.45) is 0. The van der Waals surface area contributed by atoms with E-state index in [0.29, 0.717) is 0 Å². The van der Waals surface area contributed by atoms with Gasteiger partial charge in [-0.2, -0.15) is 0 Å². The van der Waals surface area contributed by atoms with E-state index in [0.717, 1.165) is 0 Å². The maximum Gasteiger partial charge on any atom is 0.673 e. The molecule has 0 aromatic carbocycles. The van der Waals surface area contributed by atoms with Gasteiger partial charge in [-0.3, -0.25) is 0 Å². The Balaban J connectivity index is 0. The summed E-state index contributed by atoms with van der Waals surface area (Å²) >= 11 is 0. The summed E-state index contributed by atoms with van der Waals surface area (Å²) in [5.41, 5.74) is 9.53. The van der Waals surface area contributed by atoms with Crippen molar-refractivity contribution in [3.63, 3.8) is 0 Å². The lowest BCUT2D eigenvalue weighted by Gasteiger charge is -1.94. The quantitative estimate of drug-likeness (QED) is 0.295. The molecule has 10 heavy (non-hydrogen) atoms. The summed E-state index contributed by atoms with van der Waals surface area (Å²) in [6, 6.07) is 0.00463. The topological polar surface area (TPSA) is 63.3 Å². The summed E-state index contributed by atoms with van der Waals surface area (Å²) in [5.74, 6) is 0. The Labute approximate surface area is 54.8 Å². The lowest BCUT2D eigenvalue weighted by molar-refractivity contribution is -0.0815. The number of halogens is 4. The van der Waals surface area contributed by atoms with Crippen molar-refractivity contribution in [2.75, 3.05) is 7.11 Å². The van der Waals surface area contributed by atoms with Crippen LogP contribution in [0.3, 0.4) is 0 Å². The van der Waals surface area contributed by atoms with Crippen LogP contribution in [0.25, 0.3) is 0 Å². The third-order valence-electron chi connectivity index (χ3n) is 0.236. The zero-order chi connectivity index (χ0) is 8.78. The third kappa shape index (κ3) is 232. The largest absolute Gasteiger partial charge is 0.673 e. The highest BCUT2D eigenvalue weighted by atomic mass is 19.5. The van der Waals surface area contributed by atoms with E-state index in [1.807, 2.05) is 0 Å². The highest BCUT2D eigenvalue weighted by molar-refractivity contribution is 6.50. The normalized spacial score (nSPS) is 9.30. The van der Waals surface area contributed by atoms with E-state index < -0.39 is 7.25 Å². The van der Waals surface area contributed by atoms with E-state index in [4.69, 9.17) is 11.5 Å². The number of urea groups is 1. The first-order valence-corrected chi connectivity index (χ1v) is 2.06. The van der Waals surface area contributed by atoms with Crippen LogP contribution < -0.4 is 11.5 Å². The molecule has 0 aliphatic carbocycles. The van der Waals surface area contributed by atoms with Gasteiger partial charge >= 0.3 is 13.3 Å². The number of hydrogen-bond donors (Lipinski definition) is 2. The highest BCUT2D eigenvalue weighted by Crippen LogP contribution is 2.06. The lowest BCUT2D eigenvalue weighted by atomic mass is 10.3. The zero-order valence-electron chi connectivity index (χ0n) is 5.15. The van der Waals surface area contributed by atoms with Crippen molar-refractivity contribution in [1.29, 1.82) is 0 Å². The van der Waals surface area contributed by atoms with E-state index in [9.17, 15) is 17.3 Å². The van der Waals surface area contributed by atoms with Gasteiger partial charge in [-0.15, -0.1) is 0 Å². The van der Waals surface area contributed by atoms with E-state index in [2.05, 4.69) is 4.42 Å². The summed E-state index contributed by atoms with van der Waals surface area (Å²) in [5, 5.41) is 0. The molecule has 0 aliphatic rings. The fourth-order valence-electron chi connectivity index (χ4n) is 0. The van der Waals surface area contributed by atoms with E-state index >= 15 is 0 Å². The molecule has 0 atom stereocenters. The Kier molecular flexibility index (Phi) is 5.77. The molecule has 0 radical (unpaired) electrons. The minimum absolute atomic E-state index is 0.00463. The SMILES string of the molecule is C[O+]=C(N)N.F[B-](F)(F)F. The predicted octanol–water partition coefficient (Wildman–Crippen LogP) is 0.489. The smallest absolute Gasteiger partial charge is 0.418 e. The lowest BCUT2D eigenvalue weighted by Crippen LogP contribution is -2.20. The van der Waals surface area contributed by atoms with Gasteiger partial charge in [-0.05, 0) is 0 Å². The number of carbonyl (C=O) groups excluding carboxylic acids is 1. The van der Waals surface area contributed by atoms with Crippen molar-refractivity contribution in [2.45, 2.75) is 0 Å². The molecule has 2 amide bonds. The minimum atomic E-state index is -6.00. The first kappa shape index (κ1) is 11.8. The van der Waals surface area contributed by atoms with Crippen LogP contribution in [0.2, 0.25) is 0 Å². The van der Waals surface area contributed by atoms with Crippen molar-refractivity contribution < 1.29 is 21.7 Å². The van der Waals surface area contributed by atoms with Gasteiger partial charge in [0.05, 0.1) is 0 Å². The molecule has 0 spiro atoms. The molecule has 0 bridgehead atoms. The van der Waals surface area contributed by atoms with Gasteiger partial charge in [-0.25, -0.2) is 4.42 Å². The van der Waals surface area contributed by atoms with Crippen LogP contribution in [0.1, 0.15) is 0 Å². The molecule has 0 aromatic rings. The van der Waals surface area contributed by atoms with E-state index in [1.165, 1.54) is 7.11 Å². The first-order chi connectivity index (χ1) is 4.27. The second-order valence-electron chi connectivity index (χ2n) is 1.10. The van der Waals surface area contributed by atoms with Gasteiger partial charge in [0.1, 0.15) is 0 Å². The third-order valence-corrected chi connectivity index (χ3v) is 0.236. The molecule has 0 unspecified atom stereocenters. The highest BCUT2D eigenvalue weighted by Gasteiger charge is 2.20. The molecule has 8 heteroatoms. The summed E-state index contributed by atoms with van der Waals surface area (Å²) in [7, 11) is -4.59. The average molecular weight is 162 g/mol. The van der Waals surface area contributed by atoms with Crippen LogP contribution >= 0.6 is 0 Å². The van der Waals surface area contributed by atoms with Gasteiger partial charge in [0, 0.05) is 0 Å². The van der Waals surface area contributed by atoms with Crippen LogP contribution in [-0.4, -0.2) is 20.4 Å². The minimum Gasteiger partial charge on any atom is -0.418 e. The molecule has 0 saturated heterocycles. The standard InChI is InChI=1S/C2H7N2O.BF4/c1-5-2(3)4;2-1(3,4)5/h3-4H2,1H3;/q+1;-1. The second-order valence-corrected chi connectivity index (χ2v) is 1.10. The van der Waals surface area contributed by atoms with Crippen molar-refractivity contribution in [2.24, 2.45) is 11.5 Å². The Bertz CT molecular complexity index is 102. The molecule has 4 N–H and O–H groups in total. The number of primary amides is 2. The predicted molar refractivity (Wildman–Crippen MR) is 29.9 cm³/mol. The number of hydrogen-bond acceptors (Lipinski definition) is 0. The van der Waals surface area contributed by atoms with Crippen molar-refractivity contribution in [3.8, 4) is 0 Å². The summed E-state index contributed by atoms with van der Waals surface area (Å²) < 4.78 is 43.2. The molecule has 0 aromatic heterocycles. The maximum absolute atomic E-state index is 9.75. The monoisotopic (exact) mass is 162 g/mol.